The van der Waals surface area contributed by atoms with Crippen LogP contribution in [0.15, 0.2) is 48.8 Å². The van der Waals surface area contributed by atoms with Crippen molar-refractivity contribution in [1.82, 2.24) is 9.88 Å². The maximum absolute atomic E-state index is 12.6. The number of nitrogens with zero attached hydrogens (tertiary/aromatic N) is 2. The van der Waals surface area contributed by atoms with Crippen LogP contribution in [0.1, 0.15) is 23.1 Å². The highest BCUT2D eigenvalue weighted by atomic mass is 16.5. The lowest BCUT2D eigenvalue weighted by molar-refractivity contribution is -0.168. The van der Waals surface area contributed by atoms with Gasteiger partial charge in [-0.2, -0.15) is 0 Å². The van der Waals surface area contributed by atoms with Gasteiger partial charge < -0.3 is 14.4 Å². The summed E-state index contributed by atoms with van der Waals surface area (Å²) in [6.07, 6.45) is 5.04. The average Bonchev–Trinajstić information content (AvgIpc) is 3.07. The summed E-state index contributed by atoms with van der Waals surface area (Å²) in [7, 11) is 0. The van der Waals surface area contributed by atoms with Crippen molar-refractivity contribution < 1.29 is 14.3 Å². The van der Waals surface area contributed by atoms with E-state index in [1.807, 2.05) is 35.4 Å². The van der Waals surface area contributed by atoms with Gasteiger partial charge in [0.05, 0.1) is 32.7 Å². The number of carbonyl (C=O) groups excluding carboxylic acids is 1. The van der Waals surface area contributed by atoms with Gasteiger partial charge in [0, 0.05) is 24.9 Å². The molecule has 4 rings (SSSR count). The molecule has 1 aromatic heterocycles. The van der Waals surface area contributed by atoms with Crippen molar-refractivity contribution in [3.63, 3.8) is 0 Å². The molecule has 1 atom stereocenters. The van der Waals surface area contributed by atoms with E-state index in [0.717, 1.165) is 24.2 Å². The molecule has 2 saturated heterocycles. The molecule has 3 heterocycles. The lowest BCUT2D eigenvalue weighted by Crippen LogP contribution is -2.66. The molecule has 27 heavy (non-hydrogen) atoms. The van der Waals surface area contributed by atoms with E-state index in [1.165, 1.54) is 5.56 Å². The van der Waals surface area contributed by atoms with Gasteiger partial charge in [-0.1, -0.05) is 35.9 Å². The summed E-state index contributed by atoms with van der Waals surface area (Å²) >= 11 is 0. The number of benzene rings is 1. The first-order chi connectivity index (χ1) is 13.1. The van der Waals surface area contributed by atoms with Crippen LogP contribution in [0.25, 0.3) is 0 Å². The molecular formula is C22H26N2O3. The second-order valence-electron chi connectivity index (χ2n) is 7.69. The van der Waals surface area contributed by atoms with E-state index in [1.54, 1.807) is 6.20 Å². The predicted molar refractivity (Wildman–Crippen MR) is 102 cm³/mol. The molecule has 0 unspecified atom stereocenters. The summed E-state index contributed by atoms with van der Waals surface area (Å²) < 4.78 is 12.0. The number of hydrogen-bond acceptors (Lipinski definition) is 4. The first-order valence-corrected chi connectivity index (χ1v) is 9.59. The second-order valence-corrected chi connectivity index (χ2v) is 7.69. The molecular weight excluding hydrogens is 340 g/mol. The number of carbonyl (C=O) groups is 1. The molecule has 0 radical (unpaired) electrons. The Bertz CT molecular complexity index is 770. The predicted octanol–water partition coefficient (Wildman–Crippen LogP) is 2.77. The maximum Gasteiger partial charge on any atom is 0.227 e. The number of aromatic nitrogens is 1. The summed E-state index contributed by atoms with van der Waals surface area (Å²) in [6, 6.07) is 12.1. The van der Waals surface area contributed by atoms with E-state index >= 15 is 0 Å². The number of rotatable bonds is 6. The summed E-state index contributed by atoms with van der Waals surface area (Å²) in [5, 5.41) is 0. The molecule has 5 nitrogen and oxygen atoms in total. The van der Waals surface area contributed by atoms with Gasteiger partial charge in [0.1, 0.15) is 5.60 Å². The molecule has 2 aliphatic rings. The maximum atomic E-state index is 12.6. The normalized spacial score (nSPS) is 20.6. The fourth-order valence-electron chi connectivity index (χ4n) is 3.94. The zero-order valence-electron chi connectivity index (χ0n) is 15.8. The molecule has 2 aliphatic heterocycles. The highest BCUT2D eigenvalue weighted by Crippen LogP contribution is 2.40. The quantitative estimate of drug-likeness (QED) is 0.789. The van der Waals surface area contributed by atoms with Crippen LogP contribution < -0.4 is 0 Å². The fourth-order valence-corrected chi connectivity index (χ4v) is 3.94. The minimum atomic E-state index is -0.210. The minimum absolute atomic E-state index is 0.176. The highest BCUT2D eigenvalue weighted by Gasteiger charge is 2.54. The molecule has 2 aromatic rings. The first-order valence-electron chi connectivity index (χ1n) is 9.59. The Morgan fingerprint density at radius 3 is 2.81 bits per heavy atom. The van der Waals surface area contributed by atoms with Crippen LogP contribution in [0.3, 0.4) is 0 Å². The van der Waals surface area contributed by atoms with Crippen LogP contribution in [0.5, 0.6) is 0 Å². The van der Waals surface area contributed by atoms with Gasteiger partial charge >= 0.3 is 0 Å². The molecule has 142 valence electrons. The fraction of sp³-hybridized carbons (Fsp3) is 0.455. The SMILES string of the molecule is Cc1ccc(CC(=O)N2CC3(C2)OCC[C@@H]3COCc2cccnc2)cc1. The van der Waals surface area contributed by atoms with Crippen molar-refractivity contribution in [3.8, 4) is 0 Å². The Kier molecular flexibility index (Phi) is 5.23. The topological polar surface area (TPSA) is 51.7 Å². The number of likely N-dealkylation sites (tertiary alicyclic amines) is 1. The Hall–Kier alpha value is -2.24. The molecule has 5 heteroatoms. The van der Waals surface area contributed by atoms with Crippen molar-refractivity contribution >= 4 is 5.91 Å². The Morgan fingerprint density at radius 1 is 1.26 bits per heavy atom. The van der Waals surface area contributed by atoms with E-state index in [2.05, 4.69) is 24.0 Å². The Balaban J connectivity index is 1.27. The molecule has 0 bridgehead atoms. The summed E-state index contributed by atoms with van der Waals surface area (Å²) in [4.78, 5) is 18.6. The standard InChI is InChI=1S/C22H26N2O3/c1-17-4-6-18(7-5-17)11-21(25)24-15-22(16-24)20(8-10-27-22)14-26-13-19-3-2-9-23-12-19/h2-7,9,12,20H,8,10-11,13-16H2,1H3/t20-/m1/s1. The lowest BCUT2D eigenvalue weighted by atomic mass is 9.81. The smallest absolute Gasteiger partial charge is 0.227 e. The Morgan fingerprint density at radius 2 is 2.07 bits per heavy atom. The van der Waals surface area contributed by atoms with Gasteiger partial charge in [-0.05, 0) is 30.5 Å². The monoisotopic (exact) mass is 366 g/mol. The largest absolute Gasteiger partial charge is 0.376 e. The van der Waals surface area contributed by atoms with Crippen molar-refractivity contribution in [3.05, 3.63) is 65.5 Å². The van der Waals surface area contributed by atoms with Gasteiger partial charge in [0.2, 0.25) is 5.91 Å². The zero-order chi connectivity index (χ0) is 18.7. The Labute approximate surface area is 160 Å². The van der Waals surface area contributed by atoms with Crippen LogP contribution in [0.2, 0.25) is 0 Å². The van der Waals surface area contributed by atoms with E-state index in [0.29, 0.717) is 38.6 Å². The van der Waals surface area contributed by atoms with Crippen LogP contribution in [-0.2, 0) is 27.3 Å². The summed E-state index contributed by atoms with van der Waals surface area (Å²) in [5.41, 5.74) is 3.14. The van der Waals surface area contributed by atoms with Gasteiger partial charge in [0.15, 0.2) is 0 Å². The van der Waals surface area contributed by atoms with Crippen molar-refractivity contribution in [2.75, 3.05) is 26.3 Å². The number of aryl methyl sites for hydroxylation is 1. The highest BCUT2D eigenvalue weighted by molar-refractivity contribution is 5.80. The van der Waals surface area contributed by atoms with Crippen molar-refractivity contribution in [1.29, 1.82) is 0 Å². The number of pyridine rings is 1. The molecule has 1 spiro atoms. The molecule has 0 N–H and O–H groups in total. The van der Waals surface area contributed by atoms with Crippen LogP contribution in [-0.4, -0.2) is 47.7 Å². The molecule has 2 fully saturated rings. The molecule has 1 amide bonds. The number of ether oxygens (including phenoxy) is 2. The van der Waals surface area contributed by atoms with Gasteiger partial charge in [-0.3, -0.25) is 9.78 Å². The third-order valence-corrected chi connectivity index (χ3v) is 5.66. The van der Waals surface area contributed by atoms with Gasteiger partial charge in [-0.25, -0.2) is 0 Å². The summed E-state index contributed by atoms with van der Waals surface area (Å²) in [5.74, 6) is 0.521. The van der Waals surface area contributed by atoms with Crippen LogP contribution >= 0.6 is 0 Å². The lowest BCUT2D eigenvalue weighted by Gasteiger charge is -2.50. The van der Waals surface area contributed by atoms with Gasteiger partial charge in [-0.15, -0.1) is 0 Å². The van der Waals surface area contributed by atoms with E-state index in [9.17, 15) is 4.79 Å². The molecule has 0 aliphatic carbocycles. The second kappa shape index (κ2) is 7.79. The summed E-state index contributed by atoms with van der Waals surface area (Å²) in [6.45, 7) is 5.39. The first kappa shape index (κ1) is 18.1. The van der Waals surface area contributed by atoms with E-state index in [4.69, 9.17) is 9.47 Å². The number of amides is 1. The molecule has 0 saturated carbocycles. The van der Waals surface area contributed by atoms with E-state index < -0.39 is 0 Å². The third kappa shape index (κ3) is 4.04. The van der Waals surface area contributed by atoms with E-state index in [-0.39, 0.29) is 11.5 Å². The van der Waals surface area contributed by atoms with Crippen LogP contribution in [0.4, 0.5) is 0 Å². The van der Waals surface area contributed by atoms with Crippen molar-refractivity contribution in [2.24, 2.45) is 5.92 Å². The number of hydrogen-bond donors (Lipinski definition) is 0. The van der Waals surface area contributed by atoms with Crippen LogP contribution in [0, 0.1) is 12.8 Å². The van der Waals surface area contributed by atoms with Gasteiger partial charge in [0.25, 0.3) is 0 Å². The van der Waals surface area contributed by atoms with Crippen molar-refractivity contribution in [2.45, 2.75) is 32.0 Å². The zero-order valence-corrected chi connectivity index (χ0v) is 15.8. The minimum Gasteiger partial charge on any atom is -0.376 e. The molecule has 1 aromatic carbocycles. The third-order valence-electron chi connectivity index (χ3n) is 5.66. The average molecular weight is 366 g/mol.